The number of hydrogen-bond donors (Lipinski definition) is 2. The Labute approximate surface area is 98.3 Å². The Hall–Kier alpha value is -1.74. The zero-order valence-corrected chi connectivity index (χ0v) is 10.1. The highest BCUT2D eigenvalue weighted by molar-refractivity contribution is 7.17. The van der Waals surface area contributed by atoms with Crippen LogP contribution in [-0.4, -0.2) is 19.0 Å². The number of amides is 1. The number of nitrogen functional groups attached to an aromatic ring is 1. The zero-order chi connectivity index (χ0) is 12.3. The van der Waals surface area contributed by atoms with Crippen LogP contribution in [0, 0.1) is 11.3 Å². The van der Waals surface area contributed by atoms with E-state index in [4.69, 9.17) is 16.7 Å². The van der Waals surface area contributed by atoms with E-state index in [0.717, 1.165) is 13.1 Å². The van der Waals surface area contributed by atoms with E-state index in [0.29, 0.717) is 9.88 Å². The summed E-state index contributed by atoms with van der Waals surface area (Å²) < 4.78 is 0. The van der Waals surface area contributed by atoms with E-state index in [1.807, 2.05) is 24.8 Å². The van der Waals surface area contributed by atoms with Gasteiger partial charge in [0, 0.05) is 13.1 Å². The van der Waals surface area contributed by atoms with Crippen LogP contribution in [0.4, 0.5) is 10.7 Å². The Morgan fingerprint density at radius 3 is 2.44 bits per heavy atom. The van der Waals surface area contributed by atoms with Crippen molar-refractivity contribution in [1.82, 2.24) is 0 Å². The summed E-state index contributed by atoms with van der Waals surface area (Å²) in [5.74, 6) is -0.586. The smallest absolute Gasteiger partial charge is 0.253 e. The molecule has 0 saturated heterocycles. The van der Waals surface area contributed by atoms with Crippen molar-refractivity contribution in [3.8, 4) is 6.07 Å². The molecule has 1 rings (SSSR count). The first kappa shape index (κ1) is 12.3. The molecule has 1 heterocycles. The Bertz CT molecular complexity index is 442. The van der Waals surface area contributed by atoms with Gasteiger partial charge >= 0.3 is 0 Å². The molecule has 0 fully saturated rings. The summed E-state index contributed by atoms with van der Waals surface area (Å²) in [7, 11) is 0. The van der Waals surface area contributed by atoms with E-state index < -0.39 is 5.91 Å². The molecular formula is C10H14N4OS. The van der Waals surface area contributed by atoms with Crippen molar-refractivity contribution in [3.05, 3.63) is 10.4 Å². The van der Waals surface area contributed by atoms with Gasteiger partial charge in [0.25, 0.3) is 5.91 Å². The van der Waals surface area contributed by atoms with Gasteiger partial charge in [-0.25, -0.2) is 0 Å². The molecule has 0 aliphatic heterocycles. The highest BCUT2D eigenvalue weighted by Gasteiger charge is 2.22. The maximum atomic E-state index is 11.3. The number of nitrogens with zero attached hydrogens (tertiary/aromatic N) is 2. The first-order valence-corrected chi connectivity index (χ1v) is 5.75. The van der Waals surface area contributed by atoms with Gasteiger partial charge in [-0.2, -0.15) is 5.26 Å². The molecule has 4 N–H and O–H groups in total. The molecule has 0 saturated carbocycles. The maximum absolute atomic E-state index is 11.3. The topological polar surface area (TPSA) is 96.1 Å². The van der Waals surface area contributed by atoms with Gasteiger partial charge in [-0.05, 0) is 13.8 Å². The maximum Gasteiger partial charge on any atom is 0.253 e. The largest absolute Gasteiger partial charge is 0.396 e. The van der Waals surface area contributed by atoms with Gasteiger partial charge in [-0.3, -0.25) is 4.79 Å². The first-order chi connectivity index (χ1) is 7.56. The summed E-state index contributed by atoms with van der Waals surface area (Å²) in [6.07, 6.45) is 0. The van der Waals surface area contributed by atoms with Gasteiger partial charge in [0.1, 0.15) is 15.9 Å². The number of carbonyl (C=O) groups is 1. The number of primary amides is 1. The summed E-state index contributed by atoms with van der Waals surface area (Å²) >= 11 is 1.21. The van der Waals surface area contributed by atoms with Crippen LogP contribution in [0.1, 0.15) is 29.1 Å². The summed E-state index contributed by atoms with van der Waals surface area (Å²) in [5.41, 5.74) is 11.5. The lowest BCUT2D eigenvalue weighted by atomic mass is 10.2. The molecule has 0 radical (unpaired) electrons. The summed E-state index contributed by atoms with van der Waals surface area (Å²) in [6.45, 7) is 5.41. The Morgan fingerprint density at radius 2 is 2.06 bits per heavy atom. The minimum absolute atomic E-state index is 0.196. The zero-order valence-electron chi connectivity index (χ0n) is 9.28. The van der Waals surface area contributed by atoms with E-state index in [9.17, 15) is 4.79 Å². The monoisotopic (exact) mass is 238 g/mol. The van der Waals surface area contributed by atoms with E-state index >= 15 is 0 Å². The van der Waals surface area contributed by atoms with Crippen molar-refractivity contribution in [2.45, 2.75) is 13.8 Å². The average Bonchev–Trinajstić information content (AvgIpc) is 2.57. The fraction of sp³-hybridized carbons (Fsp3) is 0.400. The lowest BCUT2D eigenvalue weighted by Crippen LogP contribution is -2.24. The summed E-state index contributed by atoms with van der Waals surface area (Å²) in [4.78, 5) is 13.6. The number of nitrogens with two attached hydrogens (primary N) is 2. The van der Waals surface area contributed by atoms with Crippen molar-refractivity contribution < 1.29 is 4.79 Å². The second-order valence-electron chi connectivity index (χ2n) is 3.17. The Morgan fingerprint density at radius 1 is 1.50 bits per heavy atom. The van der Waals surface area contributed by atoms with Gasteiger partial charge in [0.2, 0.25) is 0 Å². The molecule has 0 aliphatic rings. The van der Waals surface area contributed by atoms with Crippen LogP contribution in [0.3, 0.4) is 0 Å². The third kappa shape index (κ3) is 1.95. The molecule has 0 aliphatic carbocycles. The molecule has 0 bridgehead atoms. The molecule has 5 nitrogen and oxygen atoms in total. The number of carbonyl (C=O) groups excluding carboxylic acids is 1. The molecule has 1 amide bonds. The standard InChI is InChI=1S/C10H14N4OS/c1-3-14(4-2)10-7(9(13)15)8(12)6(5-11)16-10/h3-4,12H2,1-2H3,(H2,13,15). The Kier molecular flexibility index (Phi) is 3.74. The summed E-state index contributed by atoms with van der Waals surface area (Å²) in [6, 6.07) is 1.97. The second kappa shape index (κ2) is 4.86. The number of rotatable bonds is 4. The van der Waals surface area contributed by atoms with Crippen LogP contribution < -0.4 is 16.4 Å². The van der Waals surface area contributed by atoms with Crippen LogP contribution in [0.15, 0.2) is 0 Å². The van der Waals surface area contributed by atoms with E-state index in [1.165, 1.54) is 11.3 Å². The van der Waals surface area contributed by atoms with Crippen LogP contribution in [0.25, 0.3) is 0 Å². The number of nitriles is 1. The predicted octanol–water partition coefficient (Wildman–Crippen LogP) is 1.15. The normalized spacial score (nSPS) is 9.81. The highest BCUT2D eigenvalue weighted by atomic mass is 32.1. The summed E-state index contributed by atoms with van der Waals surface area (Å²) in [5, 5.41) is 9.56. The van der Waals surface area contributed by atoms with Crippen molar-refractivity contribution in [1.29, 1.82) is 5.26 Å². The minimum Gasteiger partial charge on any atom is -0.396 e. The third-order valence-electron chi connectivity index (χ3n) is 2.33. The van der Waals surface area contributed by atoms with Gasteiger partial charge in [0.15, 0.2) is 0 Å². The predicted molar refractivity (Wildman–Crippen MR) is 65.5 cm³/mol. The van der Waals surface area contributed by atoms with Crippen LogP contribution >= 0.6 is 11.3 Å². The molecule has 0 unspecified atom stereocenters. The van der Waals surface area contributed by atoms with Gasteiger partial charge in [-0.1, -0.05) is 0 Å². The van der Waals surface area contributed by atoms with E-state index in [-0.39, 0.29) is 11.3 Å². The van der Waals surface area contributed by atoms with Gasteiger partial charge in [-0.15, -0.1) is 11.3 Å². The minimum atomic E-state index is -0.586. The van der Waals surface area contributed by atoms with Crippen molar-refractivity contribution in [2.24, 2.45) is 5.73 Å². The van der Waals surface area contributed by atoms with E-state index in [1.54, 1.807) is 0 Å². The van der Waals surface area contributed by atoms with Crippen LogP contribution in [-0.2, 0) is 0 Å². The van der Waals surface area contributed by atoms with Gasteiger partial charge < -0.3 is 16.4 Å². The number of anilines is 2. The molecule has 1 aromatic rings. The highest BCUT2D eigenvalue weighted by Crippen LogP contribution is 2.37. The third-order valence-corrected chi connectivity index (χ3v) is 3.50. The molecule has 0 atom stereocenters. The first-order valence-electron chi connectivity index (χ1n) is 4.93. The molecule has 1 aromatic heterocycles. The Balaban J connectivity index is 3.38. The van der Waals surface area contributed by atoms with Crippen molar-refractivity contribution in [3.63, 3.8) is 0 Å². The molecule has 86 valence electrons. The lowest BCUT2D eigenvalue weighted by molar-refractivity contribution is 0.100. The fourth-order valence-electron chi connectivity index (χ4n) is 1.49. The molecule has 0 aromatic carbocycles. The van der Waals surface area contributed by atoms with Crippen LogP contribution in [0.2, 0.25) is 0 Å². The second-order valence-corrected chi connectivity index (χ2v) is 4.17. The molecule has 6 heteroatoms. The van der Waals surface area contributed by atoms with Crippen LogP contribution in [0.5, 0.6) is 0 Å². The number of hydrogen-bond acceptors (Lipinski definition) is 5. The average molecular weight is 238 g/mol. The quantitative estimate of drug-likeness (QED) is 0.822. The lowest BCUT2D eigenvalue weighted by Gasteiger charge is -2.19. The fourth-order valence-corrected chi connectivity index (χ4v) is 2.64. The SMILES string of the molecule is CCN(CC)c1sc(C#N)c(N)c1C(N)=O. The molecular weight excluding hydrogens is 224 g/mol. The van der Waals surface area contributed by atoms with Crippen molar-refractivity contribution in [2.75, 3.05) is 23.7 Å². The molecule has 0 spiro atoms. The number of thiophene rings is 1. The van der Waals surface area contributed by atoms with E-state index in [2.05, 4.69) is 0 Å². The molecule has 16 heavy (non-hydrogen) atoms. The van der Waals surface area contributed by atoms with Crippen molar-refractivity contribution >= 4 is 27.9 Å². The van der Waals surface area contributed by atoms with Gasteiger partial charge in [0.05, 0.1) is 11.3 Å².